The first-order valence-electron chi connectivity index (χ1n) is 5.62. The average molecular weight is 232 g/mol. The number of esters is 1. The molecule has 4 nitrogen and oxygen atoms in total. The maximum Gasteiger partial charge on any atom is 0.324 e. The molecule has 0 aliphatic carbocycles. The third-order valence-corrected chi connectivity index (χ3v) is 2.74. The Morgan fingerprint density at radius 2 is 2.12 bits per heavy atom. The van der Waals surface area contributed by atoms with E-state index in [1.54, 1.807) is 0 Å². The Kier molecular flexibility index (Phi) is 3.90. The Balaban J connectivity index is 1.90. The van der Waals surface area contributed by atoms with Gasteiger partial charge in [0.2, 0.25) is 0 Å². The summed E-state index contributed by atoms with van der Waals surface area (Å²) in [5, 5.41) is 0. The van der Waals surface area contributed by atoms with Crippen LogP contribution in [0, 0.1) is 0 Å². The maximum absolute atomic E-state index is 11.3. The lowest BCUT2D eigenvalue weighted by atomic mass is 10.1. The second-order valence-corrected chi connectivity index (χ2v) is 3.98. The lowest BCUT2D eigenvalue weighted by molar-refractivity contribution is -0.142. The van der Waals surface area contributed by atoms with Gasteiger partial charge in [-0.1, -0.05) is 42.5 Å². The Morgan fingerprint density at radius 1 is 1.35 bits per heavy atom. The van der Waals surface area contributed by atoms with E-state index in [2.05, 4.69) is 15.6 Å². The van der Waals surface area contributed by atoms with Crippen LogP contribution in [0.1, 0.15) is 12.0 Å². The third kappa shape index (κ3) is 3.15. The lowest BCUT2D eigenvalue weighted by Crippen LogP contribution is -2.37. The summed E-state index contributed by atoms with van der Waals surface area (Å²) in [4.78, 5) is 11.3. The fourth-order valence-electron chi connectivity index (χ4n) is 1.79. The van der Waals surface area contributed by atoms with Crippen LogP contribution >= 0.6 is 0 Å². The number of rotatable bonds is 3. The lowest BCUT2D eigenvalue weighted by Gasteiger charge is -2.04. The quantitative estimate of drug-likeness (QED) is 0.766. The van der Waals surface area contributed by atoms with Crippen molar-refractivity contribution in [1.29, 1.82) is 0 Å². The van der Waals surface area contributed by atoms with Gasteiger partial charge < -0.3 is 4.74 Å². The van der Waals surface area contributed by atoms with Crippen molar-refractivity contribution in [1.82, 2.24) is 10.9 Å². The van der Waals surface area contributed by atoms with Crippen LogP contribution in [0.2, 0.25) is 0 Å². The second kappa shape index (κ2) is 5.61. The molecule has 0 amide bonds. The molecule has 1 aromatic rings. The second-order valence-electron chi connectivity index (χ2n) is 3.98. The molecule has 2 rings (SSSR count). The first kappa shape index (κ1) is 11.8. The standard InChI is InChI=1S/C13H16N2O2/c1-17-13(16)12-9-11(14-15-12)8-7-10-5-3-2-4-6-10/h2-8,11-12,14-15H,9H2,1H3/b8-7+. The molecule has 2 N–H and O–H groups in total. The van der Waals surface area contributed by atoms with E-state index in [9.17, 15) is 4.79 Å². The number of hydrogen-bond acceptors (Lipinski definition) is 4. The van der Waals surface area contributed by atoms with E-state index in [1.807, 2.05) is 42.5 Å². The summed E-state index contributed by atoms with van der Waals surface area (Å²) in [7, 11) is 1.40. The minimum absolute atomic E-state index is 0.152. The molecule has 90 valence electrons. The van der Waals surface area contributed by atoms with Gasteiger partial charge in [0.05, 0.1) is 7.11 Å². The van der Waals surface area contributed by atoms with Crippen LogP contribution in [0.25, 0.3) is 6.08 Å². The number of benzene rings is 1. The number of nitrogens with one attached hydrogen (secondary N) is 2. The van der Waals surface area contributed by atoms with Crippen LogP contribution in [-0.2, 0) is 9.53 Å². The molecule has 2 atom stereocenters. The molecule has 1 saturated heterocycles. The third-order valence-electron chi connectivity index (χ3n) is 2.74. The molecule has 0 saturated carbocycles. The zero-order valence-electron chi connectivity index (χ0n) is 9.72. The monoisotopic (exact) mass is 232 g/mol. The average Bonchev–Trinajstić information content (AvgIpc) is 2.85. The number of carbonyl (C=O) groups is 1. The van der Waals surface area contributed by atoms with Crippen LogP contribution in [0.3, 0.4) is 0 Å². The van der Waals surface area contributed by atoms with Crippen molar-refractivity contribution in [2.75, 3.05) is 7.11 Å². The van der Waals surface area contributed by atoms with Gasteiger partial charge in [0.15, 0.2) is 0 Å². The summed E-state index contributed by atoms with van der Waals surface area (Å²) in [6, 6.07) is 9.95. The molecule has 4 heteroatoms. The topological polar surface area (TPSA) is 50.4 Å². The van der Waals surface area contributed by atoms with Crippen LogP contribution in [0.15, 0.2) is 36.4 Å². The molecule has 0 radical (unpaired) electrons. The molecule has 1 aliphatic heterocycles. The fourth-order valence-corrected chi connectivity index (χ4v) is 1.79. The number of carbonyl (C=O) groups excluding carboxylic acids is 1. The molecule has 2 unspecified atom stereocenters. The molecule has 0 bridgehead atoms. The predicted molar refractivity (Wildman–Crippen MR) is 66.0 cm³/mol. The van der Waals surface area contributed by atoms with Gasteiger partial charge in [-0.2, -0.15) is 0 Å². The minimum Gasteiger partial charge on any atom is -0.468 e. The van der Waals surface area contributed by atoms with Gasteiger partial charge in [-0.3, -0.25) is 10.2 Å². The van der Waals surface area contributed by atoms with Crippen molar-refractivity contribution < 1.29 is 9.53 Å². The summed E-state index contributed by atoms with van der Waals surface area (Å²) < 4.78 is 4.68. The molecular formula is C13H16N2O2. The Morgan fingerprint density at radius 3 is 2.82 bits per heavy atom. The van der Waals surface area contributed by atoms with Crippen molar-refractivity contribution in [3.63, 3.8) is 0 Å². The van der Waals surface area contributed by atoms with Crippen molar-refractivity contribution in [3.8, 4) is 0 Å². The van der Waals surface area contributed by atoms with E-state index in [0.717, 1.165) is 5.56 Å². The first-order valence-corrected chi connectivity index (χ1v) is 5.62. The van der Waals surface area contributed by atoms with E-state index in [-0.39, 0.29) is 18.1 Å². The van der Waals surface area contributed by atoms with Gasteiger partial charge in [0.1, 0.15) is 6.04 Å². The molecule has 0 aromatic heterocycles. The van der Waals surface area contributed by atoms with Crippen molar-refractivity contribution in [2.45, 2.75) is 18.5 Å². The van der Waals surface area contributed by atoms with E-state index in [0.29, 0.717) is 6.42 Å². The predicted octanol–water partition coefficient (Wildman–Crippen LogP) is 1.11. The Labute approximate surface area is 101 Å². The first-order chi connectivity index (χ1) is 8.29. The Bertz CT molecular complexity index is 403. The number of methoxy groups -OCH3 is 1. The van der Waals surface area contributed by atoms with Gasteiger partial charge in [-0.05, 0) is 12.0 Å². The van der Waals surface area contributed by atoms with E-state index >= 15 is 0 Å². The number of ether oxygens (including phenoxy) is 1. The highest BCUT2D eigenvalue weighted by atomic mass is 16.5. The van der Waals surface area contributed by atoms with E-state index in [4.69, 9.17) is 0 Å². The summed E-state index contributed by atoms with van der Waals surface area (Å²) in [6.45, 7) is 0. The molecule has 17 heavy (non-hydrogen) atoms. The summed E-state index contributed by atoms with van der Waals surface area (Å²) in [6.07, 6.45) is 4.79. The van der Waals surface area contributed by atoms with Crippen LogP contribution in [-0.4, -0.2) is 25.2 Å². The van der Waals surface area contributed by atoms with E-state index in [1.165, 1.54) is 7.11 Å². The Hall–Kier alpha value is -1.65. The molecule has 1 aliphatic rings. The zero-order chi connectivity index (χ0) is 12.1. The van der Waals surface area contributed by atoms with Crippen LogP contribution in [0.5, 0.6) is 0 Å². The SMILES string of the molecule is COC(=O)C1CC(/C=C/c2ccccc2)NN1. The van der Waals surface area contributed by atoms with Crippen molar-refractivity contribution in [2.24, 2.45) is 0 Å². The fraction of sp³-hybridized carbons (Fsp3) is 0.308. The maximum atomic E-state index is 11.3. The van der Waals surface area contributed by atoms with Crippen molar-refractivity contribution in [3.05, 3.63) is 42.0 Å². The summed E-state index contributed by atoms with van der Waals surface area (Å²) >= 11 is 0. The summed E-state index contributed by atoms with van der Waals surface area (Å²) in [5.74, 6) is -0.229. The molecule has 1 fully saturated rings. The summed E-state index contributed by atoms with van der Waals surface area (Å²) in [5.41, 5.74) is 7.12. The highest BCUT2D eigenvalue weighted by Crippen LogP contribution is 2.10. The minimum atomic E-state index is -0.259. The molecule has 1 aromatic carbocycles. The molecule has 0 spiro atoms. The van der Waals surface area contributed by atoms with Crippen LogP contribution in [0.4, 0.5) is 0 Å². The van der Waals surface area contributed by atoms with Gasteiger partial charge in [-0.15, -0.1) is 0 Å². The van der Waals surface area contributed by atoms with E-state index < -0.39 is 0 Å². The largest absolute Gasteiger partial charge is 0.468 e. The van der Waals surface area contributed by atoms with Crippen LogP contribution < -0.4 is 10.9 Å². The van der Waals surface area contributed by atoms with Gasteiger partial charge >= 0.3 is 5.97 Å². The van der Waals surface area contributed by atoms with Gasteiger partial charge in [-0.25, -0.2) is 5.43 Å². The molecule has 1 heterocycles. The smallest absolute Gasteiger partial charge is 0.324 e. The molecular weight excluding hydrogens is 216 g/mol. The highest BCUT2D eigenvalue weighted by molar-refractivity contribution is 5.76. The highest BCUT2D eigenvalue weighted by Gasteiger charge is 2.28. The normalized spacial score (nSPS) is 24.1. The van der Waals surface area contributed by atoms with Crippen molar-refractivity contribution >= 4 is 12.0 Å². The number of hydrazine groups is 1. The van der Waals surface area contributed by atoms with Gasteiger partial charge in [0.25, 0.3) is 0 Å². The zero-order valence-corrected chi connectivity index (χ0v) is 9.72. The number of hydrogen-bond donors (Lipinski definition) is 2. The van der Waals surface area contributed by atoms with Gasteiger partial charge in [0, 0.05) is 6.04 Å².